The normalized spacial score (nSPS) is 15.0. The predicted molar refractivity (Wildman–Crippen MR) is 130 cm³/mol. The van der Waals surface area contributed by atoms with Crippen molar-refractivity contribution in [2.24, 2.45) is 0 Å². The SMILES string of the molecule is COc1ccc([C@@H]2CC(=O)c3c(O)cc(OCc4cn(Cc5ccccc5C(F)(F)F)nn4)cc3O2)cc1O. The quantitative estimate of drug-likeness (QED) is 0.334. The first kappa shape index (κ1) is 25.9. The van der Waals surface area contributed by atoms with Gasteiger partial charge in [-0.05, 0) is 29.3 Å². The summed E-state index contributed by atoms with van der Waals surface area (Å²) in [5.41, 5.74) is 0.191. The zero-order valence-corrected chi connectivity index (χ0v) is 20.5. The Labute approximate surface area is 220 Å². The third-order valence-corrected chi connectivity index (χ3v) is 6.18. The minimum atomic E-state index is -4.49. The van der Waals surface area contributed by atoms with Crippen molar-refractivity contribution < 1.29 is 42.4 Å². The van der Waals surface area contributed by atoms with E-state index in [9.17, 15) is 28.2 Å². The second-order valence-corrected chi connectivity index (χ2v) is 8.83. The molecular weight excluding hydrogens is 519 g/mol. The van der Waals surface area contributed by atoms with Gasteiger partial charge in [-0.25, -0.2) is 4.68 Å². The maximum atomic E-state index is 13.3. The number of rotatable bonds is 7. The Balaban J connectivity index is 1.30. The number of aromatic hydroxyl groups is 2. The maximum absolute atomic E-state index is 13.3. The number of phenolic OH excluding ortho intramolecular Hbond substituents is 2. The Morgan fingerprint density at radius 1 is 1.10 bits per heavy atom. The first-order valence-corrected chi connectivity index (χ1v) is 11.7. The van der Waals surface area contributed by atoms with Crippen molar-refractivity contribution in [3.63, 3.8) is 0 Å². The predicted octanol–water partition coefficient (Wildman–Crippen LogP) is 5.05. The number of nitrogens with zero attached hydrogens (tertiary/aromatic N) is 3. The average Bonchev–Trinajstić information content (AvgIpc) is 3.34. The molecule has 0 saturated carbocycles. The van der Waals surface area contributed by atoms with Crippen LogP contribution < -0.4 is 14.2 Å². The molecule has 0 amide bonds. The van der Waals surface area contributed by atoms with Gasteiger partial charge in [0.1, 0.15) is 41.2 Å². The number of aromatic nitrogens is 3. The molecule has 2 heterocycles. The van der Waals surface area contributed by atoms with Gasteiger partial charge >= 0.3 is 6.18 Å². The molecule has 1 aromatic heterocycles. The number of carbonyl (C=O) groups excluding carboxylic acids is 1. The molecule has 12 heteroatoms. The molecule has 0 bridgehead atoms. The van der Waals surface area contributed by atoms with Crippen molar-refractivity contribution >= 4 is 5.78 Å². The molecule has 0 fully saturated rings. The summed E-state index contributed by atoms with van der Waals surface area (Å²) in [4.78, 5) is 12.8. The van der Waals surface area contributed by atoms with Gasteiger partial charge in [-0.15, -0.1) is 5.10 Å². The minimum Gasteiger partial charge on any atom is -0.507 e. The lowest BCUT2D eigenvalue weighted by Crippen LogP contribution is -2.20. The van der Waals surface area contributed by atoms with Crippen LogP contribution >= 0.6 is 0 Å². The summed E-state index contributed by atoms with van der Waals surface area (Å²) in [7, 11) is 1.42. The highest BCUT2D eigenvalue weighted by molar-refractivity contribution is 6.02. The number of benzene rings is 3. The Kier molecular flexibility index (Phi) is 6.77. The fraction of sp³-hybridized carbons (Fsp3) is 0.222. The highest BCUT2D eigenvalue weighted by atomic mass is 19.4. The highest BCUT2D eigenvalue weighted by Gasteiger charge is 2.33. The van der Waals surface area contributed by atoms with Crippen molar-refractivity contribution in [2.75, 3.05) is 7.11 Å². The molecular formula is C27H22F3N3O6. The standard InChI is InChI=1S/C27H22F3N3O6/c1-37-23-7-6-15(8-20(23)34)24-11-22(36)26-21(35)9-18(10-25(26)39-24)38-14-17-13-33(32-31-17)12-16-4-2-3-5-19(16)27(28,29)30/h2-10,13,24,34-35H,11-12,14H2,1H3/t24-/m0/s1. The lowest BCUT2D eigenvalue weighted by molar-refractivity contribution is -0.138. The van der Waals surface area contributed by atoms with Gasteiger partial charge in [0.05, 0.1) is 31.8 Å². The van der Waals surface area contributed by atoms with Crippen LogP contribution in [-0.2, 0) is 19.3 Å². The van der Waals surface area contributed by atoms with Crippen LogP contribution in [0, 0.1) is 0 Å². The summed E-state index contributed by atoms with van der Waals surface area (Å²) in [6.45, 7) is -0.247. The van der Waals surface area contributed by atoms with Crippen LogP contribution in [0.15, 0.2) is 60.8 Å². The number of hydrogen-bond acceptors (Lipinski definition) is 8. The van der Waals surface area contributed by atoms with Gasteiger partial charge in [0.2, 0.25) is 0 Å². The molecule has 4 aromatic rings. The van der Waals surface area contributed by atoms with Gasteiger partial charge in [0, 0.05) is 12.1 Å². The van der Waals surface area contributed by atoms with Gasteiger partial charge in [-0.1, -0.05) is 29.5 Å². The summed E-state index contributed by atoms with van der Waals surface area (Å²) in [6.07, 6.45) is -3.80. The van der Waals surface area contributed by atoms with Gasteiger partial charge in [-0.2, -0.15) is 13.2 Å². The zero-order valence-electron chi connectivity index (χ0n) is 20.5. The van der Waals surface area contributed by atoms with E-state index in [1.807, 2.05) is 0 Å². The number of ketones is 1. The lowest BCUT2D eigenvalue weighted by Gasteiger charge is -2.26. The van der Waals surface area contributed by atoms with Crippen LogP contribution in [0.5, 0.6) is 28.7 Å². The summed E-state index contributed by atoms with van der Waals surface area (Å²) in [5.74, 6) is -0.218. The Hall–Kier alpha value is -4.74. The molecule has 5 rings (SSSR count). The van der Waals surface area contributed by atoms with Crippen LogP contribution in [0.25, 0.3) is 0 Å². The molecule has 0 unspecified atom stereocenters. The lowest BCUT2D eigenvalue weighted by atomic mass is 9.95. The third kappa shape index (κ3) is 5.44. The van der Waals surface area contributed by atoms with E-state index in [-0.39, 0.29) is 65.2 Å². The van der Waals surface area contributed by atoms with Crippen LogP contribution in [-0.4, -0.2) is 38.1 Å². The molecule has 9 nitrogen and oxygen atoms in total. The van der Waals surface area contributed by atoms with Gasteiger partial charge < -0.3 is 24.4 Å². The summed E-state index contributed by atoms with van der Waals surface area (Å²) in [6, 6.07) is 12.6. The van der Waals surface area contributed by atoms with Crippen molar-refractivity contribution in [3.05, 3.63) is 88.7 Å². The van der Waals surface area contributed by atoms with Crippen LogP contribution in [0.3, 0.4) is 0 Å². The summed E-state index contributed by atoms with van der Waals surface area (Å²) >= 11 is 0. The molecule has 1 aliphatic rings. The number of fused-ring (bicyclic) bond motifs is 1. The molecule has 1 aliphatic heterocycles. The van der Waals surface area contributed by atoms with E-state index >= 15 is 0 Å². The topological polar surface area (TPSA) is 116 Å². The summed E-state index contributed by atoms with van der Waals surface area (Å²) in [5, 5.41) is 28.4. The fourth-order valence-corrected chi connectivity index (χ4v) is 4.34. The number of hydrogen-bond donors (Lipinski definition) is 2. The second-order valence-electron chi connectivity index (χ2n) is 8.83. The van der Waals surface area contributed by atoms with Crippen LogP contribution in [0.1, 0.15) is 45.3 Å². The van der Waals surface area contributed by atoms with E-state index in [1.54, 1.807) is 12.1 Å². The molecule has 0 spiro atoms. The van der Waals surface area contributed by atoms with Crippen LogP contribution in [0.4, 0.5) is 13.2 Å². The number of carbonyl (C=O) groups is 1. The van der Waals surface area contributed by atoms with Crippen molar-refractivity contribution in [1.29, 1.82) is 0 Å². The minimum absolute atomic E-state index is 0.0191. The molecule has 0 aliphatic carbocycles. The first-order valence-electron chi connectivity index (χ1n) is 11.7. The maximum Gasteiger partial charge on any atom is 0.416 e. The zero-order chi connectivity index (χ0) is 27.7. The molecule has 1 atom stereocenters. The first-order chi connectivity index (χ1) is 18.6. The number of halogens is 3. The Morgan fingerprint density at radius 2 is 1.90 bits per heavy atom. The Morgan fingerprint density at radius 3 is 2.64 bits per heavy atom. The largest absolute Gasteiger partial charge is 0.507 e. The number of methoxy groups -OCH3 is 1. The van der Waals surface area contributed by atoms with Crippen molar-refractivity contribution in [2.45, 2.75) is 31.9 Å². The van der Waals surface area contributed by atoms with E-state index < -0.39 is 17.8 Å². The molecule has 39 heavy (non-hydrogen) atoms. The summed E-state index contributed by atoms with van der Waals surface area (Å²) < 4.78 is 57.8. The van der Waals surface area contributed by atoms with Gasteiger partial charge in [0.25, 0.3) is 0 Å². The van der Waals surface area contributed by atoms with Crippen molar-refractivity contribution in [1.82, 2.24) is 15.0 Å². The highest BCUT2D eigenvalue weighted by Crippen LogP contribution is 2.43. The fourth-order valence-electron chi connectivity index (χ4n) is 4.34. The molecule has 3 aromatic carbocycles. The molecule has 0 saturated heterocycles. The number of ether oxygens (including phenoxy) is 3. The Bertz CT molecular complexity index is 1540. The van der Waals surface area contributed by atoms with E-state index in [2.05, 4.69) is 10.3 Å². The monoisotopic (exact) mass is 541 g/mol. The third-order valence-electron chi connectivity index (χ3n) is 6.18. The molecule has 202 valence electrons. The van der Waals surface area contributed by atoms with Gasteiger partial charge in [-0.3, -0.25) is 4.79 Å². The van der Waals surface area contributed by atoms with E-state index in [4.69, 9.17) is 14.2 Å². The van der Waals surface area contributed by atoms with E-state index in [1.165, 1.54) is 54.4 Å². The number of Topliss-reactive ketones (excluding diaryl/α,β-unsaturated/α-hetero) is 1. The number of alkyl halides is 3. The number of phenols is 2. The average molecular weight is 541 g/mol. The van der Waals surface area contributed by atoms with Crippen molar-refractivity contribution in [3.8, 4) is 28.7 Å². The van der Waals surface area contributed by atoms with E-state index in [0.29, 0.717) is 11.3 Å². The smallest absolute Gasteiger partial charge is 0.416 e. The molecule has 2 N–H and O–H groups in total. The molecule has 0 radical (unpaired) electrons. The van der Waals surface area contributed by atoms with Gasteiger partial charge in [0.15, 0.2) is 17.3 Å². The van der Waals surface area contributed by atoms with Crippen LogP contribution in [0.2, 0.25) is 0 Å². The van der Waals surface area contributed by atoms with E-state index in [0.717, 1.165) is 6.07 Å². The second kappa shape index (κ2) is 10.2.